The molecule has 0 spiro atoms. The van der Waals surface area contributed by atoms with Crippen molar-refractivity contribution >= 4 is 13.1 Å². The number of rotatable bonds is 5. The summed E-state index contributed by atoms with van der Waals surface area (Å²) in [6.45, 7) is 2.04. The lowest BCUT2D eigenvalue weighted by Gasteiger charge is -2.39. The minimum atomic E-state index is -1.31. The van der Waals surface area contributed by atoms with Crippen LogP contribution in [0.4, 0.5) is 0 Å². The first kappa shape index (κ1) is 14.5. The number of hydrogen-bond acceptors (Lipinski definition) is 4. The summed E-state index contributed by atoms with van der Waals surface area (Å²) in [5, 5.41) is 26.9. The number of carbonyl (C=O) groups is 1. The van der Waals surface area contributed by atoms with E-state index >= 15 is 0 Å². The summed E-state index contributed by atoms with van der Waals surface area (Å²) in [5.74, 6) is -0.438. The van der Waals surface area contributed by atoms with Crippen molar-refractivity contribution in [3.8, 4) is 0 Å². The summed E-state index contributed by atoms with van der Waals surface area (Å²) >= 11 is 0. The predicted octanol–water partition coefficient (Wildman–Crippen LogP) is 0.458. The molecule has 1 saturated carbocycles. The fourth-order valence-electron chi connectivity index (χ4n) is 2.84. The standard InChI is InChI=1S/C11H22BNO4/c1-2-8-5-9(3-4-12(16)17)7-11(13,6-8)10(14)15/h8-9,16-17H,2-7,13H2,1H3,(H,14,15)/t8-,9-,11?/m1/s1. The molecular weight excluding hydrogens is 221 g/mol. The van der Waals surface area contributed by atoms with Crippen molar-refractivity contribution in [3.63, 3.8) is 0 Å². The van der Waals surface area contributed by atoms with Gasteiger partial charge in [0, 0.05) is 0 Å². The average Bonchev–Trinajstić information content (AvgIpc) is 2.25. The van der Waals surface area contributed by atoms with Gasteiger partial charge in [0.1, 0.15) is 5.54 Å². The van der Waals surface area contributed by atoms with Crippen molar-refractivity contribution in [1.29, 1.82) is 0 Å². The minimum absolute atomic E-state index is 0.177. The summed E-state index contributed by atoms with van der Waals surface area (Å²) in [6, 6.07) is 0. The van der Waals surface area contributed by atoms with Crippen LogP contribution < -0.4 is 5.73 Å². The highest BCUT2D eigenvalue weighted by molar-refractivity contribution is 6.40. The van der Waals surface area contributed by atoms with Gasteiger partial charge >= 0.3 is 13.1 Å². The molecule has 6 heteroatoms. The summed E-state index contributed by atoms with van der Waals surface area (Å²) in [7, 11) is -1.31. The van der Waals surface area contributed by atoms with Crippen LogP contribution >= 0.6 is 0 Å². The van der Waals surface area contributed by atoms with E-state index in [4.69, 9.17) is 15.8 Å². The van der Waals surface area contributed by atoms with Crippen LogP contribution in [-0.4, -0.2) is 33.8 Å². The number of carboxylic acids is 1. The molecule has 1 aliphatic carbocycles. The van der Waals surface area contributed by atoms with Gasteiger partial charge in [0.15, 0.2) is 0 Å². The smallest absolute Gasteiger partial charge is 0.451 e. The van der Waals surface area contributed by atoms with Crippen molar-refractivity contribution in [1.82, 2.24) is 0 Å². The van der Waals surface area contributed by atoms with E-state index in [9.17, 15) is 9.90 Å². The highest BCUT2D eigenvalue weighted by atomic mass is 16.4. The van der Waals surface area contributed by atoms with Crippen LogP contribution in [0.3, 0.4) is 0 Å². The molecule has 3 atom stereocenters. The van der Waals surface area contributed by atoms with Crippen LogP contribution in [0.1, 0.15) is 39.0 Å². The van der Waals surface area contributed by atoms with Crippen LogP contribution in [-0.2, 0) is 4.79 Å². The van der Waals surface area contributed by atoms with E-state index in [0.717, 1.165) is 12.8 Å². The van der Waals surface area contributed by atoms with Gasteiger partial charge < -0.3 is 20.9 Å². The van der Waals surface area contributed by atoms with Gasteiger partial charge in [-0.15, -0.1) is 0 Å². The molecule has 0 aromatic rings. The molecule has 17 heavy (non-hydrogen) atoms. The maximum atomic E-state index is 11.2. The first-order chi connectivity index (χ1) is 7.87. The minimum Gasteiger partial charge on any atom is -0.480 e. The summed E-state index contributed by atoms with van der Waals surface area (Å²) in [5.41, 5.74) is 4.81. The molecule has 0 bridgehead atoms. The summed E-state index contributed by atoms with van der Waals surface area (Å²) in [6.07, 6.45) is 3.74. The zero-order valence-corrected chi connectivity index (χ0v) is 10.3. The second-order valence-corrected chi connectivity index (χ2v) is 5.30. The Morgan fingerprint density at radius 1 is 1.41 bits per heavy atom. The Hall–Kier alpha value is -0.585. The lowest BCUT2D eigenvalue weighted by molar-refractivity contribution is -0.146. The van der Waals surface area contributed by atoms with E-state index in [-0.39, 0.29) is 12.2 Å². The van der Waals surface area contributed by atoms with E-state index in [1.54, 1.807) is 0 Å². The molecule has 0 radical (unpaired) electrons. The highest BCUT2D eigenvalue weighted by Gasteiger charge is 2.42. The maximum absolute atomic E-state index is 11.2. The predicted molar refractivity (Wildman–Crippen MR) is 65.3 cm³/mol. The molecule has 5 nitrogen and oxygen atoms in total. The third-order valence-electron chi connectivity index (χ3n) is 3.81. The molecule has 0 saturated heterocycles. The number of carboxylic acid groups (broad SMARTS) is 1. The summed E-state index contributed by atoms with van der Waals surface area (Å²) < 4.78 is 0. The Morgan fingerprint density at radius 2 is 2.00 bits per heavy atom. The van der Waals surface area contributed by atoms with E-state index < -0.39 is 18.6 Å². The third kappa shape index (κ3) is 3.98. The van der Waals surface area contributed by atoms with Gasteiger partial charge in [-0.3, -0.25) is 4.79 Å². The first-order valence-electron chi connectivity index (χ1n) is 6.25. The topological polar surface area (TPSA) is 104 Å². The molecular formula is C11H22BNO4. The van der Waals surface area contributed by atoms with Crippen LogP contribution in [0.25, 0.3) is 0 Å². The van der Waals surface area contributed by atoms with Crippen LogP contribution in [0.2, 0.25) is 6.32 Å². The molecule has 1 rings (SSSR count). The lowest BCUT2D eigenvalue weighted by atomic mass is 9.67. The van der Waals surface area contributed by atoms with E-state index in [1.165, 1.54) is 0 Å². The lowest BCUT2D eigenvalue weighted by Crippen LogP contribution is -2.53. The van der Waals surface area contributed by atoms with Gasteiger partial charge in [0.25, 0.3) is 0 Å². The highest BCUT2D eigenvalue weighted by Crippen LogP contribution is 2.38. The fraction of sp³-hybridized carbons (Fsp3) is 0.909. The normalized spacial score (nSPS) is 33.4. The van der Waals surface area contributed by atoms with E-state index in [0.29, 0.717) is 25.2 Å². The van der Waals surface area contributed by atoms with Crippen molar-refractivity contribution in [2.45, 2.75) is 50.9 Å². The van der Waals surface area contributed by atoms with Gasteiger partial charge in [0.05, 0.1) is 0 Å². The zero-order valence-electron chi connectivity index (χ0n) is 10.3. The van der Waals surface area contributed by atoms with Gasteiger partial charge in [0.2, 0.25) is 0 Å². The van der Waals surface area contributed by atoms with E-state index in [2.05, 4.69) is 0 Å². The monoisotopic (exact) mass is 243 g/mol. The second kappa shape index (κ2) is 5.84. The second-order valence-electron chi connectivity index (χ2n) is 5.30. The van der Waals surface area contributed by atoms with Gasteiger partial charge in [-0.1, -0.05) is 19.8 Å². The largest absolute Gasteiger partial charge is 0.480 e. The quantitative estimate of drug-likeness (QED) is 0.525. The molecule has 5 N–H and O–H groups in total. The molecule has 0 aliphatic heterocycles. The Balaban J connectivity index is 2.63. The van der Waals surface area contributed by atoms with Crippen molar-refractivity contribution < 1.29 is 19.9 Å². The van der Waals surface area contributed by atoms with Gasteiger partial charge in [-0.2, -0.15) is 0 Å². The zero-order chi connectivity index (χ0) is 13.1. The van der Waals surface area contributed by atoms with Crippen molar-refractivity contribution in [3.05, 3.63) is 0 Å². The molecule has 0 aromatic carbocycles. The molecule has 0 heterocycles. The maximum Gasteiger partial charge on any atom is 0.451 e. The first-order valence-corrected chi connectivity index (χ1v) is 6.25. The molecule has 98 valence electrons. The van der Waals surface area contributed by atoms with Crippen LogP contribution in [0.15, 0.2) is 0 Å². The fourth-order valence-corrected chi connectivity index (χ4v) is 2.84. The third-order valence-corrected chi connectivity index (χ3v) is 3.81. The SMILES string of the molecule is CC[C@@H]1C[C@@H](CCB(O)O)CC(N)(C(=O)O)C1. The van der Waals surface area contributed by atoms with Crippen molar-refractivity contribution in [2.24, 2.45) is 17.6 Å². The Morgan fingerprint density at radius 3 is 2.47 bits per heavy atom. The molecule has 0 amide bonds. The molecule has 1 fully saturated rings. The van der Waals surface area contributed by atoms with Gasteiger partial charge in [-0.25, -0.2) is 0 Å². The Labute approximate surface area is 102 Å². The Bertz CT molecular complexity index is 274. The molecule has 0 aromatic heterocycles. The molecule has 1 aliphatic rings. The van der Waals surface area contributed by atoms with Crippen molar-refractivity contribution in [2.75, 3.05) is 0 Å². The average molecular weight is 243 g/mol. The number of hydrogen-bond donors (Lipinski definition) is 4. The summed E-state index contributed by atoms with van der Waals surface area (Å²) in [4.78, 5) is 11.2. The van der Waals surface area contributed by atoms with E-state index in [1.807, 2.05) is 6.92 Å². The molecule has 1 unspecified atom stereocenters. The Kier molecular flexibility index (Phi) is 4.97. The van der Waals surface area contributed by atoms with Crippen LogP contribution in [0.5, 0.6) is 0 Å². The van der Waals surface area contributed by atoms with Gasteiger partial charge in [-0.05, 0) is 37.4 Å². The number of aliphatic carboxylic acids is 1. The number of nitrogens with two attached hydrogens (primary N) is 1. The van der Waals surface area contributed by atoms with Crippen LogP contribution in [0, 0.1) is 11.8 Å².